The van der Waals surface area contributed by atoms with E-state index < -0.39 is 0 Å². The van der Waals surface area contributed by atoms with E-state index in [0.29, 0.717) is 12.0 Å². The summed E-state index contributed by atoms with van der Waals surface area (Å²) >= 11 is 3.47. The lowest BCUT2D eigenvalue weighted by molar-refractivity contribution is 0.101. The van der Waals surface area contributed by atoms with E-state index >= 15 is 0 Å². The van der Waals surface area contributed by atoms with E-state index in [9.17, 15) is 4.79 Å². The molecule has 0 aromatic heterocycles. The molecule has 1 heterocycles. The molecular weight excluding hydrogens is 302 g/mol. The van der Waals surface area contributed by atoms with Gasteiger partial charge in [0.15, 0.2) is 5.78 Å². The zero-order valence-corrected chi connectivity index (χ0v) is 11.8. The standard InChI is InChI=1S/C16H12BrNO/c17-15-14(10-11-6-2-1-3-7-11)18-13-9-5-4-8-12(13)16(15)19/h1-9,15H,10H2. The fourth-order valence-corrected chi connectivity index (χ4v) is 2.72. The molecule has 1 aliphatic heterocycles. The van der Waals surface area contributed by atoms with Crippen LogP contribution >= 0.6 is 15.9 Å². The number of fused-ring (bicyclic) bond motifs is 1. The van der Waals surface area contributed by atoms with Gasteiger partial charge < -0.3 is 0 Å². The van der Waals surface area contributed by atoms with Gasteiger partial charge in [-0.2, -0.15) is 0 Å². The summed E-state index contributed by atoms with van der Waals surface area (Å²) in [5, 5.41) is 0. The van der Waals surface area contributed by atoms with Crippen LogP contribution in [0.3, 0.4) is 0 Å². The zero-order chi connectivity index (χ0) is 13.2. The summed E-state index contributed by atoms with van der Waals surface area (Å²) in [6.07, 6.45) is 0.691. The van der Waals surface area contributed by atoms with Gasteiger partial charge in [0, 0.05) is 17.7 Å². The largest absolute Gasteiger partial charge is 0.292 e. The third-order valence-corrected chi connectivity index (χ3v) is 4.13. The Hall–Kier alpha value is -1.74. The molecule has 0 spiro atoms. The smallest absolute Gasteiger partial charge is 0.184 e. The first kappa shape index (κ1) is 12.3. The Morgan fingerprint density at radius 3 is 2.47 bits per heavy atom. The maximum absolute atomic E-state index is 12.3. The molecule has 19 heavy (non-hydrogen) atoms. The maximum Gasteiger partial charge on any atom is 0.184 e. The van der Waals surface area contributed by atoms with Crippen LogP contribution in [0.1, 0.15) is 15.9 Å². The Kier molecular flexibility index (Phi) is 3.30. The molecule has 3 rings (SSSR count). The molecule has 0 saturated carbocycles. The predicted octanol–water partition coefficient (Wildman–Crippen LogP) is 3.96. The quantitative estimate of drug-likeness (QED) is 0.772. The average molecular weight is 314 g/mol. The van der Waals surface area contributed by atoms with Gasteiger partial charge in [0.2, 0.25) is 0 Å². The second-order valence-electron chi connectivity index (χ2n) is 4.51. The summed E-state index contributed by atoms with van der Waals surface area (Å²) < 4.78 is 0. The van der Waals surface area contributed by atoms with Crippen LogP contribution in [-0.2, 0) is 6.42 Å². The van der Waals surface area contributed by atoms with Crippen LogP contribution in [0.4, 0.5) is 5.69 Å². The molecular formula is C16H12BrNO. The molecule has 0 fully saturated rings. The topological polar surface area (TPSA) is 29.4 Å². The minimum absolute atomic E-state index is 0.0940. The normalized spacial score (nSPS) is 17.8. The van der Waals surface area contributed by atoms with Crippen LogP contribution in [0.25, 0.3) is 0 Å². The number of ketones is 1. The van der Waals surface area contributed by atoms with E-state index in [1.165, 1.54) is 0 Å². The third kappa shape index (κ3) is 2.38. The van der Waals surface area contributed by atoms with E-state index in [0.717, 1.165) is 17.0 Å². The first-order chi connectivity index (χ1) is 9.25. The molecule has 3 heteroatoms. The summed E-state index contributed by atoms with van der Waals surface area (Å²) in [6.45, 7) is 0. The first-order valence-corrected chi connectivity index (χ1v) is 7.06. The Balaban J connectivity index is 1.98. The average Bonchev–Trinajstić information content (AvgIpc) is 2.46. The van der Waals surface area contributed by atoms with Crippen LogP contribution < -0.4 is 0 Å². The molecule has 0 aliphatic carbocycles. The molecule has 0 N–H and O–H groups in total. The highest BCUT2D eigenvalue weighted by Gasteiger charge is 2.28. The number of benzene rings is 2. The van der Waals surface area contributed by atoms with E-state index in [1.807, 2.05) is 54.6 Å². The van der Waals surface area contributed by atoms with Gasteiger partial charge in [0.05, 0.1) is 5.69 Å². The van der Waals surface area contributed by atoms with Gasteiger partial charge in [-0.25, -0.2) is 0 Å². The molecule has 94 valence electrons. The monoisotopic (exact) mass is 313 g/mol. The molecule has 2 aromatic carbocycles. The lowest BCUT2D eigenvalue weighted by Gasteiger charge is -2.19. The van der Waals surface area contributed by atoms with E-state index in [-0.39, 0.29) is 10.6 Å². The molecule has 0 amide bonds. The van der Waals surface area contributed by atoms with Crippen LogP contribution in [-0.4, -0.2) is 16.3 Å². The van der Waals surface area contributed by atoms with Crippen molar-refractivity contribution in [3.05, 3.63) is 65.7 Å². The van der Waals surface area contributed by atoms with Crippen molar-refractivity contribution in [2.75, 3.05) is 0 Å². The minimum Gasteiger partial charge on any atom is -0.292 e. The van der Waals surface area contributed by atoms with Crippen molar-refractivity contribution < 1.29 is 4.79 Å². The molecule has 0 radical (unpaired) electrons. The Labute approximate surface area is 120 Å². The Morgan fingerprint density at radius 2 is 1.68 bits per heavy atom. The minimum atomic E-state index is -0.317. The van der Waals surface area contributed by atoms with Crippen molar-refractivity contribution in [1.82, 2.24) is 0 Å². The maximum atomic E-state index is 12.3. The van der Waals surface area contributed by atoms with Crippen molar-refractivity contribution in [2.45, 2.75) is 11.2 Å². The van der Waals surface area contributed by atoms with Crippen molar-refractivity contribution in [1.29, 1.82) is 0 Å². The SMILES string of the molecule is O=C1c2ccccc2N=C(Cc2ccccc2)C1Br. The van der Waals surface area contributed by atoms with Crippen LogP contribution in [0.2, 0.25) is 0 Å². The highest BCUT2D eigenvalue weighted by molar-refractivity contribution is 9.10. The van der Waals surface area contributed by atoms with Crippen LogP contribution in [0, 0.1) is 0 Å². The van der Waals surface area contributed by atoms with Gasteiger partial charge in [-0.15, -0.1) is 0 Å². The summed E-state index contributed by atoms with van der Waals surface area (Å²) in [6, 6.07) is 17.6. The number of aliphatic imine (C=N–C) groups is 1. The van der Waals surface area contributed by atoms with Gasteiger partial charge in [0.1, 0.15) is 4.83 Å². The second-order valence-corrected chi connectivity index (χ2v) is 5.43. The zero-order valence-electron chi connectivity index (χ0n) is 10.2. The fourth-order valence-electron chi connectivity index (χ4n) is 2.21. The molecule has 1 aliphatic rings. The second kappa shape index (κ2) is 5.10. The first-order valence-electron chi connectivity index (χ1n) is 6.14. The third-order valence-electron chi connectivity index (χ3n) is 3.18. The Bertz CT molecular complexity index is 649. The van der Waals surface area contributed by atoms with Crippen LogP contribution in [0.15, 0.2) is 59.6 Å². The highest BCUT2D eigenvalue weighted by Crippen LogP contribution is 2.29. The molecule has 2 aromatic rings. The van der Waals surface area contributed by atoms with Gasteiger partial charge in [-0.3, -0.25) is 9.79 Å². The summed E-state index contributed by atoms with van der Waals surface area (Å²) in [4.78, 5) is 16.6. The highest BCUT2D eigenvalue weighted by atomic mass is 79.9. The number of Topliss-reactive ketones (excluding diaryl/α,β-unsaturated/α-hetero) is 1. The summed E-state index contributed by atoms with van der Waals surface area (Å²) in [5.41, 5.74) is 3.50. The van der Waals surface area contributed by atoms with Crippen molar-refractivity contribution in [2.24, 2.45) is 4.99 Å². The number of carbonyl (C=O) groups is 1. The number of alkyl halides is 1. The lowest BCUT2D eigenvalue weighted by Crippen LogP contribution is -2.29. The number of hydrogen-bond acceptors (Lipinski definition) is 2. The molecule has 0 saturated heterocycles. The van der Waals surface area contributed by atoms with Gasteiger partial charge in [0.25, 0.3) is 0 Å². The number of para-hydroxylation sites is 1. The summed E-state index contributed by atoms with van der Waals surface area (Å²) in [7, 11) is 0. The lowest BCUT2D eigenvalue weighted by atomic mass is 9.96. The van der Waals surface area contributed by atoms with Crippen molar-refractivity contribution >= 4 is 33.1 Å². The number of carbonyl (C=O) groups excluding carboxylic acids is 1. The fraction of sp³-hybridized carbons (Fsp3) is 0.125. The molecule has 1 atom stereocenters. The van der Waals surface area contributed by atoms with Gasteiger partial charge >= 0.3 is 0 Å². The van der Waals surface area contributed by atoms with Gasteiger partial charge in [-0.1, -0.05) is 58.4 Å². The van der Waals surface area contributed by atoms with Crippen molar-refractivity contribution in [3.63, 3.8) is 0 Å². The number of nitrogens with zero attached hydrogens (tertiary/aromatic N) is 1. The number of rotatable bonds is 2. The molecule has 0 bridgehead atoms. The summed E-state index contributed by atoms with van der Waals surface area (Å²) in [5.74, 6) is 0.0940. The van der Waals surface area contributed by atoms with E-state index in [2.05, 4.69) is 20.9 Å². The van der Waals surface area contributed by atoms with E-state index in [1.54, 1.807) is 0 Å². The van der Waals surface area contributed by atoms with Crippen LogP contribution in [0.5, 0.6) is 0 Å². The van der Waals surface area contributed by atoms with Crippen molar-refractivity contribution in [3.8, 4) is 0 Å². The van der Waals surface area contributed by atoms with E-state index in [4.69, 9.17) is 0 Å². The molecule has 2 nitrogen and oxygen atoms in total. The van der Waals surface area contributed by atoms with Gasteiger partial charge in [-0.05, 0) is 17.7 Å². The number of halogens is 1. The predicted molar refractivity (Wildman–Crippen MR) is 80.7 cm³/mol. The number of hydrogen-bond donors (Lipinski definition) is 0. The Morgan fingerprint density at radius 1 is 1.00 bits per heavy atom. The molecule has 1 unspecified atom stereocenters.